The fourth-order valence-electron chi connectivity index (χ4n) is 3.41. The summed E-state index contributed by atoms with van der Waals surface area (Å²) in [5.74, 6) is 1.56. The van der Waals surface area contributed by atoms with Gasteiger partial charge in [-0.15, -0.1) is 0 Å². The number of hydrogen-bond acceptors (Lipinski definition) is 5. The third-order valence-corrected chi connectivity index (χ3v) is 5.08. The van der Waals surface area contributed by atoms with Gasteiger partial charge in [0, 0.05) is 38.2 Å². The first-order valence-electron chi connectivity index (χ1n) is 10.1. The summed E-state index contributed by atoms with van der Waals surface area (Å²) >= 11 is 0. The minimum Gasteiger partial charge on any atom is -0.340 e. The Morgan fingerprint density at radius 3 is 2.52 bits per heavy atom. The average Bonchev–Trinajstić information content (AvgIpc) is 3.17. The van der Waals surface area contributed by atoms with Crippen LogP contribution < -0.4 is 0 Å². The van der Waals surface area contributed by atoms with Crippen LogP contribution in [0, 0.1) is 0 Å². The normalized spacial score (nSPS) is 15.2. The van der Waals surface area contributed by atoms with Crippen LogP contribution in [0.25, 0.3) is 11.4 Å². The Balaban J connectivity index is 1.39. The van der Waals surface area contributed by atoms with Crippen LogP contribution in [0.2, 0.25) is 0 Å². The third kappa shape index (κ3) is 5.89. The van der Waals surface area contributed by atoms with Crippen LogP contribution in [-0.4, -0.2) is 52.0 Å². The van der Waals surface area contributed by atoms with E-state index in [2.05, 4.69) is 22.0 Å². The number of benzene rings is 1. The zero-order valence-corrected chi connectivity index (χ0v) is 16.3. The van der Waals surface area contributed by atoms with E-state index in [-0.39, 0.29) is 0 Å². The molecule has 1 aromatic carbocycles. The minimum atomic E-state index is 0.301. The summed E-state index contributed by atoms with van der Waals surface area (Å²) in [6, 6.07) is 9.84. The maximum Gasteiger partial charge on any atom is 0.241 e. The second-order valence-electron chi connectivity index (χ2n) is 7.20. The number of hydrogen-bond donors (Lipinski definition) is 0. The lowest BCUT2D eigenvalue weighted by Crippen LogP contribution is -2.48. The van der Waals surface area contributed by atoms with Crippen molar-refractivity contribution in [1.82, 2.24) is 19.9 Å². The summed E-state index contributed by atoms with van der Waals surface area (Å²) in [5, 5.41) is 4.07. The number of amides is 1. The van der Waals surface area contributed by atoms with Crippen LogP contribution in [0.3, 0.4) is 0 Å². The van der Waals surface area contributed by atoms with Crippen molar-refractivity contribution in [3.8, 4) is 11.4 Å². The van der Waals surface area contributed by atoms with Gasteiger partial charge >= 0.3 is 0 Å². The first-order chi connectivity index (χ1) is 13.3. The molecule has 146 valence electrons. The summed E-state index contributed by atoms with van der Waals surface area (Å²) < 4.78 is 5.40. The van der Waals surface area contributed by atoms with E-state index in [0.717, 1.165) is 38.2 Å². The molecule has 3 rings (SSSR count). The quantitative estimate of drug-likeness (QED) is 0.629. The first-order valence-corrected chi connectivity index (χ1v) is 10.1. The van der Waals surface area contributed by atoms with Gasteiger partial charge in [-0.1, -0.05) is 68.1 Å². The van der Waals surface area contributed by atoms with Gasteiger partial charge in [-0.2, -0.15) is 4.98 Å². The van der Waals surface area contributed by atoms with Gasteiger partial charge < -0.3 is 9.42 Å². The van der Waals surface area contributed by atoms with Crippen molar-refractivity contribution in [3.05, 3.63) is 36.2 Å². The van der Waals surface area contributed by atoms with Crippen LogP contribution in [0.15, 0.2) is 34.9 Å². The number of carbonyl (C=O) groups excluding carboxylic acids is 1. The molecule has 2 aromatic rings. The van der Waals surface area contributed by atoms with E-state index in [4.69, 9.17) is 4.52 Å². The Kier molecular flexibility index (Phi) is 7.39. The maximum absolute atomic E-state index is 12.3. The van der Waals surface area contributed by atoms with Crippen LogP contribution in [0.1, 0.15) is 51.3 Å². The molecule has 1 aliphatic heterocycles. The molecule has 0 N–H and O–H groups in total. The molecule has 0 saturated carbocycles. The molecule has 0 atom stereocenters. The topological polar surface area (TPSA) is 62.5 Å². The van der Waals surface area contributed by atoms with Gasteiger partial charge in [0.2, 0.25) is 17.6 Å². The summed E-state index contributed by atoms with van der Waals surface area (Å²) in [7, 11) is 0. The molecule has 0 radical (unpaired) electrons. The number of unbranched alkanes of at least 4 members (excludes halogenated alkanes) is 4. The van der Waals surface area contributed by atoms with Crippen molar-refractivity contribution in [2.75, 3.05) is 26.2 Å². The molecule has 0 bridgehead atoms. The van der Waals surface area contributed by atoms with Crippen molar-refractivity contribution in [1.29, 1.82) is 0 Å². The van der Waals surface area contributed by atoms with E-state index in [1.54, 1.807) is 0 Å². The molecule has 0 spiro atoms. The molecule has 27 heavy (non-hydrogen) atoms. The third-order valence-electron chi connectivity index (χ3n) is 5.08. The van der Waals surface area contributed by atoms with Gasteiger partial charge in [0.05, 0.1) is 6.54 Å². The molecule has 1 saturated heterocycles. The average molecular weight is 370 g/mol. The molecule has 1 aliphatic rings. The minimum absolute atomic E-state index is 0.301. The number of carbonyl (C=O) groups is 1. The summed E-state index contributed by atoms with van der Waals surface area (Å²) in [4.78, 5) is 21.1. The molecule has 1 fully saturated rings. The summed E-state index contributed by atoms with van der Waals surface area (Å²) in [5.41, 5.74) is 0.960. The van der Waals surface area contributed by atoms with Crippen molar-refractivity contribution in [2.24, 2.45) is 0 Å². The van der Waals surface area contributed by atoms with E-state index >= 15 is 0 Å². The van der Waals surface area contributed by atoms with Crippen molar-refractivity contribution in [2.45, 2.75) is 52.0 Å². The number of nitrogens with zero attached hydrogens (tertiary/aromatic N) is 4. The Labute approximate surface area is 161 Å². The largest absolute Gasteiger partial charge is 0.340 e. The number of rotatable bonds is 9. The molecular formula is C21H30N4O2. The Bertz CT molecular complexity index is 693. The van der Waals surface area contributed by atoms with Crippen molar-refractivity contribution >= 4 is 5.91 Å². The Morgan fingerprint density at radius 1 is 1.04 bits per heavy atom. The van der Waals surface area contributed by atoms with Crippen LogP contribution >= 0.6 is 0 Å². The predicted molar refractivity (Wildman–Crippen MR) is 105 cm³/mol. The Hall–Kier alpha value is -2.21. The van der Waals surface area contributed by atoms with E-state index in [9.17, 15) is 4.79 Å². The van der Waals surface area contributed by atoms with Crippen molar-refractivity contribution in [3.63, 3.8) is 0 Å². The monoisotopic (exact) mass is 370 g/mol. The number of piperazine rings is 1. The SMILES string of the molecule is CCCCCCCC(=O)N1CCN(Cc2nc(-c3ccccc3)no2)CC1. The lowest BCUT2D eigenvalue weighted by atomic mass is 10.1. The molecule has 0 aliphatic carbocycles. The lowest BCUT2D eigenvalue weighted by Gasteiger charge is -2.34. The fraction of sp³-hybridized carbons (Fsp3) is 0.571. The second kappa shape index (κ2) is 10.2. The van der Waals surface area contributed by atoms with Crippen molar-refractivity contribution < 1.29 is 9.32 Å². The van der Waals surface area contributed by atoms with Crippen LogP contribution in [-0.2, 0) is 11.3 Å². The van der Waals surface area contributed by atoms with E-state index in [0.29, 0.717) is 30.6 Å². The highest BCUT2D eigenvalue weighted by molar-refractivity contribution is 5.76. The summed E-state index contributed by atoms with van der Waals surface area (Å²) in [6.07, 6.45) is 6.63. The summed E-state index contributed by atoms with van der Waals surface area (Å²) in [6.45, 7) is 6.12. The molecule has 0 unspecified atom stereocenters. The molecule has 1 amide bonds. The standard InChI is InChI=1S/C21H30N4O2/c1-2-3-4-5-9-12-20(26)25-15-13-24(14-16-25)17-19-22-21(23-27-19)18-10-7-6-8-11-18/h6-8,10-11H,2-5,9,12-17H2,1H3. The van der Waals surface area contributed by atoms with E-state index in [1.807, 2.05) is 35.2 Å². The van der Waals surface area contributed by atoms with Gasteiger partial charge in [-0.25, -0.2) is 0 Å². The highest BCUT2D eigenvalue weighted by Gasteiger charge is 2.22. The zero-order valence-electron chi connectivity index (χ0n) is 16.3. The molecular weight excluding hydrogens is 340 g/mol. The van der Waals surface area contributed by atoms with Crippen LogP contribution in [0.4, 0.5) is 0 Å². The highest BCUT2D eigenvalue weighted by atomic mass is 16.5. The zero-order chi connectivity index (χ0) is 18.9. The van der Waals surface area contributed by atoms with Gasteiger partial charge in [0.15, 0.2) is 0 Å². The predicted octanol–water partition coefficient (Wildman–Crippen LogP) is 3.74. The molecule has 6 heteroatoms. The maximum atomic E-state index is 12.3. The van der Waals surface area contributed by atoms with Gasteiger partial charge in [-0.05, 0) is 6.42 Å². The van der Waals surface area contributed by atoms with Gasteiger partial charge in [0.25, 0.3) is 0 Å². The second-order valence-corrected chi connectivity index (χ2v) is 7.20. The Morgan fingerprint density at radius 2 is 1.78 bits per heavy atom. The number of aromatic nitrogens is 2. The smallest absolute Gasteiger partial charge is 0.241 e. The highest BCUT2D eigenvalue weighted by Crippen LogP contribution is 2.16. The van der Waals surface area contributed by atoms with E-state index < -0.39 is 0 Å². The van der Waals surface area contributed by atoms with Gasteiger partial charge in [-0.3, -0.25) is 9.69 Å². The lowest BCUT2D eigenvalue weighted by molar-refractivity contribution is -0.133. The molecule has 1 aromatic heterocycles. The molecule has 6 nitrogen and oxygen atoms in total. The fourth-order valence-corrected chi connectivity index (χ4v) is 3.41. The molecule has 2 heterocycles. The first kappa shape index (κ1) is 19.5. The van der Waals surface area contributed by atoms with Crippen LogP contribution in [0.5, 0.6) is 0 Å². The van der Waals surface area contributed by atoms with Gasteiger partial charge in [0.1, 0.15) is 0 Å². The van der Waals surface area contributed by atoms with E-state index in [1.165, 1.54) is 25.7 Å².